The van der Waals surface area contributed by atoms with Crippen LogP contribution in [0.5, 0.6) is 0 Å². The van der Waals surface area contributed by atoms with Crippen molar-refractivity contribution < 1.29 is 14.3 Å². The van der Waals surface area contributed by atoms with E-state index in [0.717, 1.165) is 32.5 Å². The van der Waals surface area contributed by atoms with Crippen molar-refractivity contribution in [2.75, 3.05) is 33.9 Å². The predicted molar refractivity (Wildman–Crippen MR) is 59.8 cm³/mol. The Labute approximate surface area is 92.3 Å². The Hall–Kier alpha value is -0.610. The SMILES string of the molecule is COCCCCCNCCCC(=O)OC. The van der Waals surface area contributed by atoms with Crippen LogP contribution >= 0.6 is 0 Å². The summed E-state index contributed by atoms with van der Waals surface area (Å²) in [6, 6.07) is 0. The summed E-state index contributed by atoms with van der Waals surface area (Å²) in [5.74, 6) is -0.128. The molecule has 4 nitrogen and oxygen atoms in total. The number of hydrogen-bond acceptors (Lipinski definition) is 4. The van der Waals surface area contributed by atoms with Gasteiger partial charge in [-0.25, -0.2) is 0 Å². The van der Waals surface area contributed by atoms with Crippen LogP contribution in [0.15, 0.2) is 0 Å². The summed E-state index contributed by atoms with van der Waals surface area (Å²) >= 11 is 0. The van der Waals surface area contributed by atoms with Gasteiger partial charge in [0.25, 0.3) is 0 Å². The lowest BCUT2D eigenvalue weighted by atomic mass is 10.2. The van der Waals surface area contributed by atoms with Gasteiger partial charge in [0.05, 0.1) is 7.11 Å². The Morgan fingerprint density at radius 1 is 1.07 bits per heavy atom. The van der Waals surface area contributed by atoms with Gasteiger partial charge in [-0.1, -0.05) is 0 Å². The number of carbonyl (C=O) groups is 1. The van der Waals surface area contributed by atoms with Gasteiger partial charge in [-0.05, 0) is 38.8 Å². The molecule has 0 radical (unpaired) electrons. The molecule has 1 N–H and O–H groups in total. The molecule has 4 heteroatoms. The van der Waals surface area contributed by atoms with Crippen LogP contribution in [0.4, 0.5) is 0 Å². The minimum atomic E-state index is -0.128. The third-order valence-electron chi connectivity index (χ3n) is 2.16. The summed E-state index contributed by atoms with van der Waals surface area (Å²) in [5, 5.41) is 3.29. The maximum Gasteiger partial charge on any atom is 0.305 e. The van der Waals surface area contributed by atoms with Crippen molar-refractivity contribution in [1.82, 2.24) is 5.32 Å². The van der Waals surface area contributed by atoms with E-state index < -0.39 is 0 Å². The van der Waals surface area contributed by atoms with E-state index in [2.05, 4.69) is 10.1 Å². The molecule has 0 aliphatic carbocycles. The van der Waals surface area contributed by atoms with E-state index in [1.165, 1.54) is 20.0 Å². The standard InChI is InChI=1S/C11H23NO3/c1-14-10-5-3-4-8-12-9-6-7-11(13)15-2/h12H,3-10H2,1-2H3. The molecule has 0 amide bonds. The lowest BCUT2D eigenvalue weighted by Crippen LogP contribution is -2.17. The molecule has 0 atom stereocenters. The maximum absolute atomic E-state index is 10.8. The van der Waals surface area contributed by atoms with E-state index in [4.69, 9.17) is 4.74 Å². The zero-order chi connectivity index (χ0) is 11.4. The molecule has 0 rings (SSSR count). The first-order chi connectivity index (χ1) is 7.31. The van der Waals surface area contributed by atoms with E-state index in [1.54, 1.807) is 7.11 Å². The molecule has 15 heavy (non-hydrogen) atoms. The average Bonchev–Trinajstić information content (AvgIpc) is 2.26. The Kier molecular flexibility index (Phi) is 11.0. The fourth-order valence-electron chi connectivity index (χ4n) is 1.26. The van der Waals surface area contributed by atoms with Gasteiger partial charge in [0.2, 0.25) is 0 Å². The quantitative estimate of drug-likeness (QED) is 0.443. The largest absolute Gasteiger partial charge is 0.469 e. The molecule has 0 bridgehead atoms. The van der Waals surface area contributed by atoms with Crippen LogP contribution < -0.4 is 5.32 Å². The van der Waals surface area contributed by atoms with Crippen LogP contribution in [0.2, 0.25) is 0 Å². The van der Waals surface area contributed by atoms with Crippen LogP contribution in [-0.2, 0) is 14.3 Å². The summed E-state index contributed by atoms with van der Waals surface area (Å²) < 4.78 is 9.50. The van der Waals surface area contributed by atoms with Crippen molar-refractivity contribution in [3.63, 3.8) is 0 Å². The van der Waals surface area contributed by atoms with Gasteiger partial charge in [-0.2, -0.15) is 0 Å². The molecule has 90 valence electrons. The first-order valence-electron chi connectivity index (χ1n) is 5.57. The molecule has 0 aromatic heterocycles. The van der Waals surface area contributed by atoms with Gasteiger partial charge in [0, 0.05) is 20.1 Å². The summed E-state index contributed by atoms with van der Waals surface area (Å²) in [6.45, 7) is 2.76. The third-order valence-corrected chi connectivity index (χ3v) is 2.16. The zero-order valence-electron chi connectivity index (χ0n) is 9.88. The van der Waals surface area contributed by atoms with Crippen LogP contribution in [0.3, 0.4) is 0 Å². The number of ether oxygens (including phenoxy) is 2. The molecule has 0 spiro atoms. The van der Waals surface area contributed by atoms with Gasteiger partial charge >= 0.3 is 5.97 Å². The van der Waals surface area contributed by atoms with Crippen molar-refractivity contribution in [1.29, 1.82) is 0 Å². The molecular weight excluding hydrogens is 194 g/mol. The van der Waals surface area contributed by atoms with Gasteiger partial charge in [0.1, 0.15) is 0 Å². The van der Waals surface area contributed by atoms with Crippen molar-refractivity contribution in [3.05, 3.63) is 0 Å². The topological polar surface area (TPSA) is 47.6 Å². The van der Waals surface area contributed by atoms with Crippen LogP contribution in [0, 0.1) is 0 Å². The second kappa shape index (κ2) is 11.5. The highest BCUT2D eigenvalue weighted by molar-refractivity contribution is 5.68. The molecule has 0 unspecified atom stereocenters. The second-order valence-electron chi connectivity index (χ2n) is 3.48. The van der Waals surface area contributed by atoms with Gasteiger partial charge in [-0.3, -0.25) is 4.79 Å². The van der Waals surface area contributed by atoms with Gasteiger partial charge in [0.15, 0.2) is 0 Å². The van der Waals surface area contributed by atoms with Gasteiger partial charge < -0.3 is 14.8 Å². The van der Waals surface area contributed by atoms with E-state index >= 15 is 0 Å². The number of carbonyl (C=O) groups excluding carboxylic acids is 1. The number of rotatable bonds is 10. The van der Waals surface area contributed by atoms with E-state index in [9.17, 15) is 4.79 Å². The maximum atomic E-state index is 10.8. The van der Waals surface area contributed by atoms with Gasteiger partial charge in [-0.15, -0.1) is 0 Å². The fraction of sp³-hybridized carbons (Fsp3) is 0.909. The highest BCUT2D eigenvalue weighted by Crippen LogP contribution is 1.94. The third kappa shape index (κ3) is 11.3. The smallest absolute Gasteiger partial charge is 0.305 e. The minimum absolute atomic E-state index is 0.128. The summed E-state index contributed by atoms with van der Waals surface area (Å²) in [6.07, 6.45) is 4.84. The Bertz CT molecular complexity index is 151. The molecule has 0 saturated heterocycles. The fourth-order valence-corrected chi connectivity index (χ4v) is 1.26. The summed E-state index contributed by atoms with van der Waals surface area (Å²) in [4.78, 5) is 10.8. The lowest BCUT2D eigenvalue weighted by molar-refractivity contribution is -0.140. The second-order valence-corrected chi connectivity index (χ2v) is 3.48. The molecule has 0 saturated carbocycles. The number of methoxy groups -OCH3 is 2. The van der Waals surface area contributed by atoms with Crippen molar-refractivity contribution >= 4 is 5.97 Å². The van der Waals surface area contributed by atoms with E-state index in [0.29, 0.717) is 6.42 Å². The molecule has 0 aromatic rings. The molecule has 0 aromatic carbocycles. The highest BCUT2D eigenvalue weighted by atomic mass is 16.5. The number of nitrogens with one attached hydrogen (secondary N) is 1. The average molecular weight is 217 g/mol. The van der Waals surface area contributed by atoms with E-state index in [1.807, 2.05) is 0 Å². The van der Waals surface area contributed by atoms with Crippen LogP contribution in [0.1, 0.15) is 32.1 Å². The molecule has 0 aliphatic heterocycles. The Balaban J connectivity index is 2.95. The van der Waals surface area contributed by atoms with Crippen LogP contribution in [0.25, 0.3) is 0 Å². The zero-order valence-corrected chi connectivity index (χ0v) is 9.88. The molecular formula is C11H23NO3. The number of hydrogen-bond donors (Lipinski definition) is 1. The first kappa shape index (κ1) is 14.4. The van der Waals surface area contributed by atoms with Crippen molar-refractivity contribution in [2.45, 2.75) is 32.1 Å². The normalized spacial score (nSPS) is 10.3. The molecule has 0 aliphatic rings. The lowest BCUT2D eigenvalue weighted by Gasteiger charge is -2.04. The summed E-state index contributed by atoms with van der Waals surface area (Å²) in [5.41, 5.74) is 0. The summed E-state index contributed by atoms with van der Waals surface area (Å²) in [7, 11) is 3.15. The van der Waals surface area contributed by atoms with E-state index in [-0.39, 0.29) is 5.97 Å². The monoisotopic (exact) mass is 217 g/mol. The van der Waals surface area contributed by atoms with Crippen LogP contribution in [-0.4, -0.2) is 39.9 Å². The number of esters is 1. The Morgan fingerprint density at radius 2 is 1.80 bits per heavy atom. The molecule has 0 fully saturated rings. The van der Waals surface area contributed by atoms with Crippen molar-refractivity contribution in [2.24, 2.45) is 0 Å². The van der Waals surface area contributed by atoms with Crippen molar-refractivity contribution in [3.8, 4) is 0 Å². The number of unbranched alkanes of at least 4 members (excludes halogenated alkanes) is 2. The predicted octanol–water partition coefficient (Wildman–Crippen LogP) is 1.35. The molecule has 0 heterocycles. The Morgan fingerprint density at radius 3 is 2.47 bits per heavy atom. The first-order valence-corrected chi connectivity index (χ1v) is 5.57. The highest BCUT2D eigenvalue weighted by Gasteiger charge is 1.98. The minimum Gasteiger partial charge on any atom is -0.469 e.